The Morgan fingerprint density at radius 1 is 1.07 bits per heavy atom. The molecule has 0 saturated carbocycles. The lowest BCUT2D eigenvalue weighted by Gasteiger charge is -2.30. The van der Waals surface area contributed by atoms with Gasteiger partial charge in [0.15, 0.2) is 0 Å². The van der Waals surface area contributed by atoms with E-state index in [2.05, 4.69) is 5.32 Å². The minimum atomic E-state index is -3.68. The molecule has 7 heteroatoms. The largest absolute Gasteiger partial charge is 0.495 e. The van der Waals surface area contributed by atoms with Crippen LogP contribution in [0.15, 0.2) is 36.4 Å². The molecule has 28 heavy (non-hydrogen) atoms. The quantitative estimate of drug-likeness (QED) is 0.761. The van der Waals surface area contributed by atoms with Gasteiger partial charge >= 0.3 is 0 Å². The third kappa shape index (κ3) is 5.04. The third-order valence-corrected chi connectivity index (χ3v) is 5.58. The Morgan fingerprint density at radius 3 is 2.18 bits per heavy atom. The van der Waals surface area contributed by atoms with Crippen molar-refractivity contribution in [2.24, 2.45) is 0 Å². The number of anilines is 2. The maximum absolute atomic E-state index is 13.1. The summed E-state index contributed by atoms with van der Waals surface area (Å²) < 4.78 is 31.7. The fourth-order valence-corrected chi connectivity index (χ4v) is 4.47. The number of ether oxygens (including phenoxy) is 1. The number of aryl methyl sites for hydroxylation is 3. The molecule has 0 aliphatic carbocycles. The fourth-order valence-electron chi connectivity index (χ4n) is 3.27. The molecule has 0 radical (unpaired) electrons. The van der Waals surface area contributed by atoms with Gasteiger partial charge in [0.2, 0.25) is 15.9 Å². The minimum Gasteiger partial charge on any atom is -0.495 e. The van der Waals surface area contributed by atoms with E-state index in [1.54, 1.807) is 31.2 Å². The van der Waals surface area contributed by atoms with E-state index < -0.39 is 22.0 Å². The first-order valence-corrected chi connectivity index (χ1v) is 10.9. The number of rotatable bonds is 7. The van der Waals surface area contributed by atoms with Crippen LogP contribution in [0.5, 0.6) is 5.75 Å². The smallest absolute Gasteiger partial charge is 0.248 e. The summed E-state index contributed by atoms with van der Waals surface area (Å²) in [5, 5.41) is 2.83. The maximum atomic E-state index is 13.1. The molecule has 2 rings (SSSR count). The zero-order chi connectivity index (χ0) is 21.1. The molecule has 152 valence electrons. The van der Waals surface area contributed by atoms with Gasteiger partial charge in [-0.3, -0.25) is 9.10 Å². The standard InChI is InChI=1S/C21H28N2O4S/c1-7-19(21(24)22-18-13-14(2)8-9-20(18)27-5)23(28(6,25)26)17-11-15(3)10-16(4)12-17/h8-13,19H,7H2,1-6H3,(H,22,24)/t19-/m0/s1. The highest BCUT2D eigenvalue weighted by molar-refractivity contribution is 7.92. The van der Waals surface area contributed by atoms with E-state index in [0.29, 0.717) is 23.5 Å². The van der Waals surface area contributed by atoms with E-state index >= 15 is 0 Å². The highest BCUT2D eigenvalue weighted by atomic mass is 32.2. The van der Waals surface area contributed by atoms with Crippen LogP contribution in [0, 0.1) is 20.8 Å². The average Bonchev–Trinajstić information content (AvgIpc) is 2.57. The van der Waals surface area contributed by atoms with Crippen LogP contribution in [0.4, 0.5) is 11.4 Å². The summed E-state index contributed by atoms with van der Waals surface area (Å²) in [5.74, 6) is 0.113. The molecule has 2 aromatic carbocycles. The fraction of sp³-hybridized carbons (Fsp3) is 0.381. The number of hydrogen-bond donors (Lipinski definition) is 1. The van der Waals surface area contributed by atoms with Crippen molar-refractivity contribution in [3.05, 3.63) is 53.1 Å². The molecule has 1 atom stereocenters. The van der Waals surface area contributed by atoms with Gasteiger partial charge in [0.25, 0.3) is 0 Å². The molecule has 1 amide bonds. The van der Waals surface area contributed by atoms with Crippen molar-refractivity contribution in [1.29, 1.82) is 0 Å². The van der Waals surface area contributed by atoms with Crippen LogP contribution in [0.1, 0.15) is 30.0 Å². The number of carbonyl (C=O) groups excluding carboxylic acids is 1. The van der Waals surface area contributed by atoms with Crippen molar-refractivity contribution in [2.75, 3.05) is 23.0 Å². The van der Waals surface area contributed by atoms with E-state index in [1.165, 1.54) is 11.4 Å². The first kappa shape index (κ1) is 21.8. The predicted molar refractivity (Wildman–Crippen MR) is 114 cm³/mol. The lowest BCUT2D eigenvalue weighted by Crippen LogP contribution is -2.47. The zero-order valence-electron chi connectivity index (χ0n) is 17.2. The monoisotopic (exact) mass is 404 g/mol. The number of methoxy groups -OCH3 is 1. The Labute approximate surface area is 167 Å². The molecule has 1 N–H and O–H groups in total. The molecule has 0 unspecified atom stereocenters. The summed E-state index contributed by atoms with van der Waals surface area (Å²) in [5.41, 5.74) is 3.81. The van der Waals surface area contributed by atoms with E-state index in [0.717, 1.165) is 22.9 Å². The van der Waals surface area contributed by atoms with E-state index in [9.17, 15) is 13.2 Å². The molecule has 0 heterocycles. The van der Waals surface area contributed by atoms with E-state index in [1.807, 2.05) is 32.9 Å². The number of benzene rings is 2. The SMILES string of the molecule is CC[C@@H](C(=O)Nc1cc(C)ccc1OC)N(c1cc(C)cc(C)c1)S(C)(=O)=O. The van der Waals surface area contributed by atoms with Crippen molar-refractivity contribution in [1.82, 2.24) is 0 Å². The first-order chi connectivity index (χ1) is 13.1. The lowest BCUT2D eigenvalue weighted by atomic mass is 10.1. The molecule has 0 bridgehead atoms. The molecule has 2 aromatic rings. The van der Waals surface area contributed by atoms with Crippen LogP contribution in [0.25, 0.3) is 0 Å². The van der Waals surface area contributed by atoms with Gasteiger partial charge in [0.1, 0.15) is 11.8 Å². The molecule has 0 fully saturated rings. The third-order valence-electron chi connectivity index (χ3n) is 4.40. The van der Waals surface area contributed by atoms with Gasteiger partial charge in [-0.05, 0) is 68.1 Å². The Kier molecular flexibility index (Phi) is 6.72. The molecule has 0 aliphatic heterocycles. The summed E-state index contributed by atoms with van der Waals surface area (Å²) in [4.78, 5) is 13.1. The molecule has 0 spiro atoms. The summed E-state index contributed by atoms with van der Waals surface area (Å²) >= 11 is 0. The van der Waals surface area contributed by atoms with Gasteiger partial charge in [0, 0.05) is 0 Å². The number of nitrogens with one attached hydrogen (secondary N) is 1. The second-order valence-corrected chi connectivity index (χ2v) is 8.88. The summed E-state index contributed by atoms with van der Waals surface area (Å²) in [6.07, 6.45) is 1.44. The highest BCUT2D eigenvalue weighted by Crippen LogP contribution is 2.28. The number of amides is 1. The second kappa shape index (κ2) is 8.65. The Bertz CT molecular complexity index is 950. The normalized spacial score (nSPS) is 12.4. The number of hydrogen-bond acceptors (Lipinski definition) is 4. The Hall–Kier alpha value is -2.54. The van der Waals surface area contributed by atoms with Crippen molar-refractivity contribution < 1.29 is 17.9 Å². The van der Waals surface area contributed by atoms with Crippen molar-refractivity contribution in [2.45, 2.75) is 40.2 Å². The van der Waals surface area contributed by atoms with Gasteiger partial charge in [-0.15, -0.1) is 0 Å². The van der Waals surface area contributed by atoms with Crippen LogP contribution in [0.2, 0.25) is 0 Å². The van der Waals surface area contributed by atoms with Gasteiger partial charge in [-0.1, -0.05) is 19.1 Å². The zero-order valence-corrected chi connectivity index (χ0v) is 18.1. The van der Waals surface area contributed by atoms with Crippen molar-refractivity contribution in [3.63, 3.8) is 0 Å². The number of nitrogens with zero attached hydrogens (tertiary/aromatic N) is 1. The predicted octanol–water partition coefficient (Wildman–Crippen LogP) is 3.80. The van der Waals surface area contributed by atoms with Crippen LogP contribution in [-0.4, -0.2) is 33.7 Å². The van der Waals surface area contributed by atoms with Crippen LogP contribution < -0.4 is 14.4 Å². The lowest BCUT2D eigenvalue weighted by molar-refractivity contribution is -0.117. The molecular formula is C21H28N2O4S. The molecule has 6 nitrogen and oxygen atoms in total. The highest BCUT2D eigenvalue weighted by Gasteiger charge is 2.32. The molecule has 0 saturated heterocycles. The van der Waals surface area contributed by atoms with Crippen molar-refractivity contribution in [3.8, 4) is 5.75 Å². The van der Waals surface area contributed by atoms with E-state index in [4.69, 9.17) is 4.74 Å². The van der Waals surface area contributed by atoms with E-state index in [-0.39, 0.29) is 0 Å². The first-order valence-electron chi connectivity index (χ1n) is 9.10. The Balaban J connectivity index is 2.47. The summed E-state index contributed by atoms with van der Waals surface area (Å²) in [6, 6.07) is 10.1. The van der Waals surface area contributed by atoms with Gasteiger partial charge in [-0.2, -0.15) is 0 Å². The maximum Gasteiger partial charge on any atom is 0.248 e. The van der Waals surface area contributed by atoms with Crippen molar-refractivity contribution >= 4 is 27.3 Å². The average molecular weight is 405 g/mol. The number of carbonyl (C=O) groups is 1. The minimum absolute atomic E-state index is 0.319. The molecular weight excluding hydrogens is 376 g/mol. The van der Waals surface area contributed by atoms with Gasteiger partial charge < -0.3 is 10.1 Å². The second-order valence-electron chi connectivity index (χ2n) is 7.02. The van der Waals surface area contributed by atoms with Gasteiger partial charge in [-0.25, -0.2) is 8.42 Å². The molecule has 0 aromatic heterocycles. The Morgan fingerprint density at radius 2 is 1.68 bits per heavy atom. The van der Waals surface area contributed by atoms with Crippen LogP contribution in [0.3, 0.4) is 0 Å². The van der Waals surface area contributed by atoms with Crippen LogP contribution >= 0.6 is 0 Å². The summed E-state index contributed by atoms with van der Waals surface area (Å²) in [6.45, 7) is 7.49. The summed E-state index contributed by atoms with van der Waals surface area (Å²) in [7, 11) is -2.16. The number of sulfonamides is 1. The van der Waals surface area contributed by atoms with Crippen LogP contribution in [-0.2, 0) is 14.8 Å². The topological polar surface area (TPSA) is 75.7 Å². The molecule has 0 aliphatic rings. The van der Waals surface area contributed by atoms with Gasteiger partial charge in [0.05, 0.1) is 24.7 Å².